The normalized spacial score (nSPS) is 21.1. The van der Waals surface area contributed by atoms with Gasteiger partial charge in [0.05, 0.1) is 43.9 Å². The summed E-state index contributed by atoms with van der Waals surface area (Å²) in [5.41, 5.74) is 0.625. The molecule has 0 aromatic heterocycles. The number of rotatable bonds is 5. The van der Waals surface area contributed by atoms with Crippen LogP contribution < -0.4 is 15.1 Å². The molecule has 1 N–H and O–H groups in total. The van der Waals surface area contributed by atoms with Crippen LogP contribution in [0.3, 0.4) is 0 Å². The lowest BCUT2D eigenvalue weighted by molar-refractivity contribution is -0.119. The molecule has 0 radical (unpaired) electrons. The molecule has 3 rings (SSSR count). The third-order valence-electron chi connectivity index (χ3n) is 4.56. The molecule has 29 heavy (non-hydrogen) atoms. The van der Waals surface area contributed by atoms with Crippen molar-refractivity contribution < 1.29 is 32.0 Å². The fourth-order valence-electron chi connectivity index (χ4n) is 3.15. The third-order valence-corrected chi connectivity index (χ3v) is 5.58. The molecule has 12 heteroatoms. The van der Waals surface area contributed by atoms with Crippen molar-refractivity contribution in [2.45, 2.75) is 13.0 Å². The highest BCUT2D eigenvalue weighted by atomic mass is 32.2. The second-order valence-electron chi connectivity index (χ2n) is 6.80. The molecule has 2 aliphatic rings. The van der Waals surface area contributed by atoms with Gasteiger partial charge in [-0.05, 0) is 18.2 Å². The van der Waals surface area contributed by atoms with Gasteiger partial charge in [0.1, 0.15) is 11.9 Å². The summed E-state index contributed by atoms with van der Waals surface area (Å²) in [6.45, 7) is 2.48. The SMILES string of the molecule is CC(=O)NCC1CN(c2ccc(N3CCON(S(C)(=O)=O)CC3)c(F)c2)C(=O)O1. The largest absolute Gasteiger partial charge is 0.442 e. The number of sulfonamides is 1. The number of carbonyl (C=O) groups excluding carboxylic acids is 2. The zero-order valence-electron chi connectivity index (χ0n) is 16.1. The van der Waals surface area contributed by atoms with Gasteiger partial charge in [-0.15, -0.1) is 0 Å². The molecule has 2 saturated heterocycles. The summed E-state index contributed by atoms with van der Waals surface area (Å²) in [5, 5.41) is 2.58. The Labute approximate surface area is 168 Å². The first-order valence-corrected chi connectivity index (χ1v) is 10.9. The summed E-state index contributed by atoms with van der Waals surface area (Å²) in [6, 6.07) is 4.37. The minimum atomic E-state index is -3.50. The van der Waals surface area contributed by atoms with E-state index in [4.69, 9.17) is 9.57 Å². The predicted molar refractivity (Wildman–Crippen MR) is 102 cm³/mol. The minimum Gasteiger partial charge on any atom is -0.442 e. The van der Waals surface area contributed by atoms with Crippen molar-refractivity contribution in [1.82, 2.24) is 9.79 Å². The molecule has 2 heterocycles. The van der Waals surface area contributed by atoms with E-state index in [2.05, 4.69) is 5.32 Å². The average Bonchev–Trinajstić information content (AvgIpc) is 2.84. The molecule has 1 atom stereocenters. The van der Waals surface area contributed by atoms with Gasteiger partial charge in [0.2, 0.25) is 15.9 Å². The molecule has 1 aromatic carbocycles. The smallest absolute Gasteiger partial charge is 0.414 e. The Balaban J connectivity index is 1.69. The van der Waals surface area contributed by atoms with E-state index in [0.29, 0.717) is 12.2 Å². The van der Waals surface area contributed by atoms with Gasteiger partial charge in [-0.3, -0.25) is 14.5 Å². The van der Waals surface area contributed by atoms with Crippen molar-refractivity contribution in [3.63, 3.8) is 0 Å². The molecule has 0 bridgehead atoms. The second kappa shape index (κ2) is 8.51. The van der Waals surface area contributed by atoms with Crippen LogP contribution in [-0.4, -0.2) is 76.6 Å². The highest BCUT2D eigenvalue weighted by Crippen LogP contribution is 2.28. The first-order valence-electron chi connectivity index (χ1n) is 9.03. The Morgan fingerprint density at radius 1 is 1.31 bits per heavy atom. The summed E-state index contributed by atoms with van der Waals surface area (Å²) in [7, 11) is -3.50. The summed E-state index contributed by atoms with van der Waals surface area (Å²) in [6.07, 6.45) is -0.0786. The molecule has 0 saturated carbocycles. The van der Waals surface area contributed by atoms with Crippen LogP contribution >= 0.6 is 0 Å². The summed E-state index contributed by atoms with van der Waals surface area (Å²) < 4.78 is 44.1. The molecule has 2 amide bonds. The summed E-state index contributed by atoms with van der Waals surface area (Å²) in [5.74, 6) is -0.779. The zero-order chi connectivity index (χ0) is 21.2. The molecule has 2 aliphatic heterocycles. The van der Waals surface area contributed by atoms with Crippen LogP contribution in [0.15, 0.2) is 18.2 Å². The maximum atomic E-state index is 14.8. The molecule has 0 spiro atoms. The molecule has 2 fully saturated rings. The third kappa shape index (κ3) is 5.14. The molecule has 1 aromatic rings. The average molecular weight is 430 g/mol. The Morgan fingerprint density at radius 2 is 2.07 bits per heavy atom. The Bertz CT molecular complexity index is 896. The molecular weight excluding hydrogens is 407 g/mol. The molecular formula is C17H23FN4O6S. The number of cyclic esters (lactones) is 1. The van der Waals surface area contributed by atoms with Crippen LogP contribution in [0.1, 0.15) is 6.92 Å². The Morgan fingerprint density at radius 3 is 2.72 bits per heavy atom. The van der Waals surface area contributed by atoms with E-state index in [9.17, 15) is 22.4 Å². The fourth-order valence-corrected chi connectivity index (χ4v) is 3.83. The zero-order valence-corrected chi connectivity index (χ0v) is 16.9. The van der Waals surface area contributed by atoms with Crippen molar-refractivity contribution in [2.75, 3.05) is 55.4 Å². The molecule has 10 nitrogen and oxygen atoms in total. The van der Waals surface area contributed by atoms with Crippen LogP contribution in [0, 0.1) is 5.82 Å². The van der Waals surface area contributed by atoms with E-state index < -0.39 is 28.0 Å². The van der Waals surface area contributed by atoms with Crippen LogP contribution in [0.5, 0.6) is 0 Å². The summed E-state index contributed by atoms with van der Waals surface area (Å²) in [4.78, 5) is 31.3. The maximum Gasteiger partial charge on any atom is 0.414 e. The predicted octanol–water partition coefficient (Wildman–Crippen LogP) is 0.300. The minimum absolute atomic E-state index is 0.0727. The fraction of sp³-hybridized carbons (Fsp3) is 0.529. The van der Waals surface area contributed by atoms with E-state index in [1.54, 1.807) is 11.0 Å². The number of nitrogens with zero attached hydrogens (tertiary/aromatic N) is 3. The van der Waals surface area contributed by atoms with E-state index in [1.807, 2.05) is 0 Å². The topological polar surface area (TPSA) is 108 Å². The standard InChI is InChI=1S/C17H23FN4O6S/c1-12(23)19-10-14-11-21(17(24)28-14)13-3-4-16(15(18)9-13)20-5-6-22(27-8-7-20)29(2,25)26/h3-4,9,14H,5-8,10-11H2,1-2H3,(H,19,23). The van der Waals surface area contributed by atoms with Gasteiger partial charge < -0.3 is 15.0 Å². The van der Waals surface area contributed by atoms with Crippen LogP contribution in [-0.2, 0) is 24.4 Å². The number of amides is 2. The van der Waals surface area contributed by atoms with Crippen molar-refractivity contribution in [3.8, 4) is 0 Å². The van der Waals surface area contributed by atoms with Gasteiger partial charge >= 0.3 is 6.09 Å². The lowest BCUT2D eigenvalue weighted by atomic mass is 10.2. The highest BCUT2D eigenvalue weighted by molar-refractivity contribution is 7.88. The van der Waals surface area contributed by atoms with Crippen molar-refractivity contribution in [3.05, 3.63) is 24.0 Å². The first kappa shape index (κ1) is 21.3. The second-order valence-corrected chi connectivity index (χ2v) is 8.67. The molecule has 1 unspecified atom stereocenters. The van der Waals surface area contributed by atoms with Crippen LogP contribution in [0.4, 0.5) is 20.6 Å². The monoisotopic (exact) mass is 430 g/mol. The Hall–Kier alpha value is -2.44. The number of anilines is 2. The lowest BCUT2D eigenvalue weighted by Crippen LogP contribution is -2.34. The van der Waals surface area contributed by atoms with Gasteiger partial charge in [-0.2, -0.15) is 0 Å². The van der Waals surface area contributed by atoms with E-state index in [1.165, 1.54) is 24.0 Å². The number of hydrogen-bond donors (Lipinski definition) is 1. The van der Waals surface area contributed by atoms with Crippen LogP contribution in [0.2, 0.25) is 0 Å². The van der Waals surface area contributed by atoms with Crippen molar-refractivity contribution >= 4 is 33.4 Å². The maximum absolute atomic E-state index is 14.8. The molecule has 160 valence electrons. The number of halogens is 1. The van der Waals surface area contributed by atoms with Crippen LogP contribution in [0.25, 0.3) is 0 Å². The number of ether oxygens (including phenoxy) is 1. The number of nitrogens with one attached hydrogen (secondary N) is 1. The van der Waals surface area contributed by atoms with Crippen molar-refractivity contribution in [1.29, 1.82) is 0 Å². The quantitative estimate of drug-likeness (QED) is 0.716. The highest BCUT2D eigenvalue weighted by Gasteiger charge is 2.33. The van der Waals surface area contributed by atoms with Gasteiger partial charge in [-0.25, -0.2) is 17.6 Å². The van der Waals surface area contributed by atoms with E-state index in [0.717, 1.165) is 10.7 Å². The van der Waals surface area contributed by atoms with E-state index >= 15 is 0 Å². The van der Waals surface area contributed by atoms with Gasteiger partial charge in [0.15, 0.2) is 0 Å². The number of hydroxylamine groups is 1. The Kier molecular flexibility index (Phi) is 6.24. The summed E-state index contributed by atoms with van der Waals surface area (Å²) >= 11 is 0. The van der Waals surface area contributed by atoms with Gasteiger partial charge in [0, 0.05) is 20.0 Å². The van der Waals surface area contributed by atoms with E-state index in [-0.39, 0.29) is 44.4 Å². The molecule has 0 aliphatic carbocycles. The number of carbonyl (C=O) groups is 2. The first-order chi connectivity index (χ1) is 13.6. The van der Waals surface area contributed by atoms with Gasteiger partial charge in [-0.1, -0.05) is 4.47 Å². The number of hydrogen-bond acceptors (Lipinski definition) is 7. The lowest BCUT2D eigenvalue weighted by Gasteiger charge is -2.23. The number of benzene rings is 1. The van der Waals surface area contributed by atoms with Crippen molar-refractivity contribution in [2.24, 2.45) is 0 Å². The van der Waals surface area contributed by atoms with Gasteiger partial charge in [0.25, 0.3) is 0 Å².